The molecule has 0 aromatic heterocycles. The van der Waals surface area contributed by atoms with Crippen molar-refractivity contribution in [3.05, 3.63) is 29.8 Å². The van der Waals surface area contributed by atoms with Crippen LogP contribution in [-0.4, -0.2) is 36.7 Å². The SMILES string of the molecule is COCCCC(=O)N1c2ccccc2C[C@H]1C(=O)O. The molecule has 1 aliphatic rings. The average molecular weight is 263 g/mol. The first kappa shape index (κ1) is 13.5. The summed E-state index contributed by atoms with van der Waals surface area (Å²) < 4.78 is 4.91. The highest BCUT2D eigenvalue weighted by Gasteiger charge is 2.37. The number of amides is 1. The van der Waals surface area contributed by atoms with Gasteiger partial charge in [-0.15, -0.1) is 0 Å². The Bertz CT molecular complexity index is 486. The molecule has 5 heteroatoms. The van der Waals surface area contributed by atoms with Crippen LogP contribution in [-0.2, 0) is 20.7 Å². The number of benzene rings is 1. The third-order valence-corrected chi connectivity index (χ3v) is 3.27. The van der Waals surface area contributed by atoms with Gasteiger partial charge in [-0.25, -0.2) is 4.79 Å². The summed E-state index contributed by atoms with van der Waals surface area (Å²) in [5.41, 5.74) is 1.63. The van der Waals surface area contributed by atoms with Crippen LogP contribution in [0.5, 0.6) is 0 Å². The van der Waals surface area contributed by atoms with Crippen LogP contribution in [0.3, 0.4) is 0 Å². The molecule has 1 aromatic carbocycles. The van der Waals surface area contributed by atoms with E-state index in [2.05, 4.69) is 0 Å². The van der Waals surface area contributed by atoms with Gasteiger partial charge in [0.2, 0.25) is 5.91 Å². The minimum absolute atomic E-state index is 0.158. The van der Waals surface area contributed by atoms with Crippen LogP contribution in [0.4, 0.5) is 5.69 Å². The maximum atomic E-state index is 12.2. The highest BCUT2D eigenvalue weighted by atomic mass is 16.5. The Kier molecular flexibility index (Phi) is 4.16. The summed E-state index contributed by atoms with van der Waals surface area (Å²) in [6.07, 6.45) is 1.27. The average Bonchev–Trinajstić information content (AvgIpc) is 2.78. The number of carboxylic acids is 1. The Morgan fingerprint density at radius 2 is 2.16 bits per heavy atom. The lowest BCUT2D eigenvalue weighted by Gasteiger charge is -2.22. The van der Waals surface area contributed by atoms with Crippen molar-refractivity contribution in [2.75, 3.05) is 18.6 Å². The van der Waals surface area contributed by atoms with Crippen molar-refractivity contribution in [2.45, 2.75) is 25.3 Å². The van der Waals surface area contributed by atoms with Crippen molar-refractivity contribution < 1.29 is 19.4 Å². The number of hydrogen-bond acceptors (Lipinski definition) is 3. The number of nitrogens with zero attached hydrogens (tertiary/aromatic N) is 1. The van der Waals surface area contributed by atoms with E-state index in [9.17, 15) is 14.7 Å². The minimum Gasteiger partial charge on any atom is -0.480 e. The molecule has 1 N–H and O–H groups in total. The van der Waals surface area contributed by atoms with E-state index in [0.717, 1.165) is 11.3 Å². The van der Waals surface area contributed by atoms with Gasteiger partial charge in [-0.1, -0.05) is 18.2 Å². The van der Waals surface area contributed by atoms with Crippen LogP contribution < -0.4 is 4.90 Å². The highest BCUT2D eigenvalue weighted by molar-refractivity contribution is 6.01. The minimum atomic E-state index is -0.962. The molecule has 0 saturated carbocycles. The first-order chi connectivity index (χ1) is 9.15. The summed E-state index contributed by atoms with van der Waals surface area (Å²) >= 11 is 0. The summed E-state index contributed by atoms with van der Waals surface area (Å²) in [5.74, 6) is -1.12. The second kappa shape index (κ2) is 5.84. The Morgan fingerprint density at radius 3 is 2.84 bits per heavy atom. The Balaban J connectivity index is 2.19. The van der Waals surface area contributed by atoms with Gasteiger partial charge < -0.3 is 9.84 Å². The number of rotatable bonds is 5. The smallest absolute Gasteiger partial charge is 0.327 e. The van der Waals surface area contributed by atoms with Gasteiger partial charge in [-0.2, -0.15) is 0 Å². The highest BCUT2D eigenvalue weighted by Crippen LogP contribution is 2.32. The number of carbonyl (C=O) groups excluding carboxylic acids is 1. The van der Waals surface area contributed by atoms with E-state index in [1.165, 1.54) is 4.90 Å². The van der Waals surface area contributed by atoms with Crippen molar-refractivity contribution in [1.82, 2.24) is 0 Å². The standard InChI is InChI=1S/C14H17NO4/c1-19-8-4-7-13(16)15-11-6-3-2-5-10(11)9-12(15)14(17)18/h2-3,5-6,12H,4,7-9H2,1H3,(H,17,18)/t12-/m0/s1. The van der Waals surface area contributed by atoms with Gasteiger partial charge in [0.15, 0.2) is 0 Å². The van der Waals surface area contributed by atoms with Gasteiger partial charge in [-0.3, -0.25) is 9.69 Å². The molecule has 0 fully saturated rings. The van der Waals surface area contributed by atoms with Crippen molar-refractivity contribution in [3.63, 3.8) is 0 Å². The Hall–Kier alpha value is -1.88. The third kappa shape index (κ3) is 2.76. The van der Waals surface area contributed by atoms with Crippen molar-refractivity contribution in [1.29, 1.82) is 0 Å². The van der Waals surface area contributed by atoms with Crippen molar-refractivity contribution in [2.24, 2.45) is 0 Å². The molecule has 5 nitrogen and oxygen atoms in total. The number of hydrogen-bond donors (Lipinski definition) is 1. The number of ether oxygens (including phenoxy) is 1. The second-order valence-corrected chi connectivity index (χ2v) is 4.55. The molecule has 1 aliphatic heterocycles. The van der Waals surface area contributed by atoms with Crippen LogP contribution >= 0.6 is 0 Å². The molecule has 0 unspecified atom stereocenters. The molecule has 0 bridgehead atoms. The lowest BCUT2D eigenvalue weighted by molar-refractivity contribution is -0.139. The molecular formula is C14H17NO4. The molecule has 1 atom stereocenters. The van der Waals surface area contributed by atoms with Crippen LogP contribution in [0, 0.1) is 0 Å². The fraction of sp³-hybridized carbons (Fsp3) is 0.429. The molecule has 1 heterocycles. The summed E-state index contributed by atoms with van der Waals surface area (Å²) in [5, 5.41) is 9.26. The van der Waals surface area contributed by atoms with Gasteiger partial charge >= 0.3 is 5.97 Å². The molecular weight excluding hydrogens is 246 g/mol. The molecule has 1 aromatic rings. The first-order valence-electron chi connectivity index (χ1n) is 6.27. The number of carboxylic acid groups (broad SMARTS) is 1. The number of fused-ring (bicyclic) bond motifs is 1. The molecule has 102 valence electrons. The molecule has 2 rings (SSSR count). The molecule has 19 heavy (non-hydrogen) atoms. The Morgan fingerprint density at radius 1 is 1.42 bits per heavy atom. The maximum absolute atomic E-state index is 12.2. The molecule has 0 saturated heterocycles. The van der Waals surface area contributed by atoms with Gasteiger partial charge in [0.1, 0.15) is 6.04 Å². The van der Waals surface area contributed by atoms with Crippen LogP contribution in [0.15, 0.2) is 24.3 Å². The van der Waals surface area contributed by atoms with Gasteiger partial charge in [0.25, 0.3) is 0 Å². The van der Waals surface area contributed by atoms with E-state index in [4.69, 9.17) is 4.74 Å². The number of aliphatic carboxylic acids is 1. The van der Waals surface area contributed by atoms with E-state index in [-0.39, 0.29) is 5.91 Å². The summed E-state index contributed by atoms with van der Waals surface area (Å²) in [7, 11) is 1.58. The van der Waals surface area contributed by atoms with E-state index < -0.39 is 12.0 Å². The number of anilines is 1. The summed E-state index contributed by atoms with van der Waals surface area (Å²) in [6.45, 7) is 0.499. The van der Waals surface area contributed by atoms with E-state index in [1.807, 2.05) is 18.2 Å². The zero-order chi connectivity index (χ0) is 13.8. The predicted octanol–water partition coefficient (Wildman–Crippen LogP) is 1.46. The fourth-order valence-electron chi connectivity index (χ4n) is 2.38. The lowest BCUT2D eigenvalue weighted by Crippen LogP contribution is -2.42. The molecule has 1 amide bonds. The second-order valence-electron chi connectivity index (χ2n) is 4.55. The summed E-state index contributed by atoms with van der Waals surface area (Å²) in [6, 6.07) is 6.56. The maximum Gasteiger partial charge on any atom is 0.327 e. The normalized spacial score (nSPS) is 17.3. The predicted molar refractivity (Wildman–Crippen MR) is 70.2 cm³/mol. The quantitative estimate of drug-likeness (QED) is 0.817. The monoisotopic (exact) mass is 263 g/mol. The molecule has 0 radical (unpaired) electrons. The van der Waals surface area contributed by atoms with E-state index in [1.54, 1.807) is 13.2 Å². The van der Waals surface area contributed by atoms with E-state index >= 15 is 0 Å². The molecule has 0 aliphatic carbocycles. The topological polar surface area (TPSA) is 66.8 Å². The van der Waals surface area contributed by atoms with Crippen molar-refractivity contribution in [3.8, 4) is 0 Å². The zero-order valence-corrected chi connectivity index (χ0v) is 10.8. The summed E-state index contributed by atoms with van der Waals surface area (Å²) in [4.78, 5) is 24.9. The number of methoxy groups -OCH3 is 1. The van der Waals surface area contributed by atoms with Gasteiger partial charge in [0, 0.05) is 32.2 Å². The van der Waals surface area contributed by atoms with E-state index in [0.29, 0.717) is 25.9 Å². The third-order valence-electron chi connectivity index (χ3n) is 3.27. The largest absolute Gasteiger partial charge is 0.480 e. The van der Waals surface area contributed by atoms with Gasteiger partial charge in [0.05, 0.1) is 0 Å². The fourth-order valence-corrected chi connectivity index (χ4v) is 2.38. The van der Waals surface area contributed by atoms with Crippen molar-refractivity contribution >= 4 is 17.6 Å². The first-order valence-corrected chi connectivity index (χ1v) is 6.27. The lowest BCUT2D eigenvalue weighted by atomic mass is 10.1. The zero-order valence-electron chi connectivity index (χ0n) is 10.8. The Labute approximate surface area is 111 Å². The van der Waals surface area contributed by atoms with Crippen LogP contribution in [0.25, 0.3) is 0 Å². The van der Waals surface area contributed by atoms with Gasteiger partial charge in [-0.05, 0) is 18.1 Å². The van der Waals surface area contributed by atoms with Crippen LogP contribution in [0.2, 0.25) is 0 Å². The number of para-hydroxylation sites is 1. The molecule has 0 spiro atoms. The van der Waals surface area contributed by atoms with Crippen LogP contribution in [0.1, 0.15) is 18.4 Å². The number of carbonyl (C=O) groups is 2.